The average molecular weight is 627 g/mol. The summed E-state index contributed by atoms with van der Waals surface area (Å²) in [7, 11) is 1.31. The van der Waals surface area contributed by atoms with Crippen molar-refractivity contribution in [2.24, 2.45) is 0 Å². The molecule has 2 N–H and O–H groups in total. The molecule has 6 rings (SSSR count). The maximum atomic E-state index is 13.8. The van der Waals surface area contributed by atoms with E-state index in [4.69, 9.17) is 23.2 Å². The van der Waals surface area contributed by atoms with Crippen LogP contribution < -0.4 is 10.9 Å². The minimum atomic E-state index is -0.545. The topological polar surface area (TPSA) is 120 Å². The second kappa shape index (κ2) is 12.6. The van der Waals surface area contributed by atoms with Crippen LogP contribution in [0.5, 0.6) is 0 Å². The predicted octanol–water partition coefficient (Wildman–Crippen LogP) is 6.80. The molecular weight excluding hydrogens is 601 g/mol. The van der Waals surface area contributed by atoms with Crippen LogP contribution in [0, 0.1) is 0 Å². The standard InChI is InChI=1S/C32H25Cl2N7O3/c1-44-32(43)36-24-10-7-21(8-11-24)26-18-35-31(37-26)28(15-20-5-3-2-4-6-20)40-14-13-22(16-30(40)42)25-17-23(33)9-12-27(25)41-19-29(34)38-39-41/h2-14,16-19,28H,15H2,1H3,(H,35,37)(H,36,43)/t28-/m0/s1. The van der Waals surface area contributed by atoms with Crippen molar-refractivity contribution >= 4 is 35.0 Å². The van der Waals surface area contributed by atoms with E-state index in [9.17, 15) is 9.59 Å². The van der Waals surface area contributed by atoms with E-state index in [-0.39, 0.29) is 10.7 Å². The highest BCUT2D eigenvalue weighted by molar-refractivity contribution is 6.31. The van der Waals surface area contributed by atoms with Gasteiger partial charge in [-0.3, -0.25) is 10.1 Å². The van der Waals surface area contributed by atoms with Crippen molar-refractivity contribution in [2.45, 2.75) is 12.5 Å². The number of hydrogen-bond donors (Lipinski definition) is 2. The lowest BCUT2D eigenvalue weighted by molar-refractivity contribution is 0.187. The number of H-pyrrole nitrogens is 1. The number of nitrogens with one attached hydrogen (secondary N) is 2. The Labute approximate surface area is 261 Å². The number of carbonyl (C=O) groups is 1. The summed E-state index contributed by atoms with van der Waals surface area (Å²) in [6.07, 6.45) is 5.06. The van der Waals surface area contributed by atoms with Crippen LogP contribution in [-0.2, 0) is 11.2 Å². The van der Waals surface area contributed by atoms with E-state index in [2.05, 4.69) is 30.3 Å². The molecule has 1 amide bonds. The molecule has 0 aliphatic heterocycles. The molecule has 0 bridgehead atoms. The number of nitrogens with zero attached hydrogens (tertiary/aromatic N) is 5. The molecule has 1 atom stereocenters. The second-order valence-electron chi connectivity index (χ2n) is 9.89. The first-order valence-corrected chi connectivity index (χ1v) is 14.3. The van der Waals surface area contributed by atoms with Gasteiger partial charge in [0.15, 0.2) is 5.15 Å². The van der Waals surface area contributed by atoms with Crippen molar-refractivity contribution in [1.82, 2.24) is 29.5 Å². The van der Waals surface area contributed by atoms with Crippen molar-refractivity contribution in [3.05, 3.63) is 135 Å². The minimum absolute atomic E-state index is 0.220. The van der Waals surface area contributed by atoms with Gasteiger partial charge in [0, 0.05) is 35.0 Å². The molecule has 0 saturated carbocycles. The Morgan fingerprint density at radius 3 is 2.50 bits per heavy atom. The molecule has 0 aliphatic rings. The number of aromatic amines is 1. The maximum absolute atomic E-state index is 13.8. The van der Waals surface area contributed by atoms with Crippen molar-refractivity contribution < 1.29 is 9.53 Å². The van der Waals surface area contributed by atoms with Crippen molar-refractivity contribution in [3.63, 3.8) is 0 Å². The summed E-state index contributed by atoms with van der Waals surface area (Å²) in [5.41, 5.74) is 5.10. The number of hydrogen-bond acceptors (Lipinski definition) is 6. The summed E-state index contributed by atoms with van der Waals surface area (Å²) in [5, 5.41) is 11.3. The molecule has 10 nitrogen and oxygen atoms in total. The van der Waals surface area contributed by atoms with Crippen LogP contribution >= 0.6 is 23.2 Å². The fourth-order valence-electron chi connectivity index (χ4n) is 4.93. The minimum Gasteiger partial charge on any atom is -0.453 e. The third kappa shape index (κ3) is 6.26. The van der Waals surface area contributed by atoms with Crippen LogP contribution in [0.2, 0.25) is 10.2 Å². The van der Waals surface area contributed by atoms with Crippen LogP contribution in [0.15, 0.2) is 108 Å². The summed E-state index contributed by atoms with van der Waals surface area (Å²) in [4.78, 5) is 33.4. The molecule has 0 fully saturated rings. The van der Waals surface area contributed by atoms with Gasteiger partial charge in [-0.15, -0.1) is 5.10 Å². The van der Waals surface area contributed by atoms with Gasteiger partial charge < -0.3 is 14.3 Å². The summed E-state index contributed by atoms with van der Waals surface area (Å²) >= 11 is 12.4. The second-order valence-corrected chi connectivity index (χ2v) is 10.7. The Kier molecular flexibility index (Phi) is 8.27. The highest BCUT2D eigenvalue weighted by Gasteiger charge is 2.21. The van der Waals surface area contributed by atoms with Crippen molar-refractivity contribution in [3.8, 4) is 28.1 Å². The van der Waals surface area contributed by atoms with Gasteiger partial charge in [0.2, 0.25) is 0 Å². The summed E-state index contributed by atoms with van der Waals surface area (Å²) < 4.78 is 7.86. The van der Waals surface area contributed by atoms with E-state index in [1.54, 1.807) is 64.2 Å². The van der Waals surface area contributed by atoms with Gasteiger partial charge in [0.25, 0.3) is 5.56 Å². The number of halogens is 2. The number of ether oxygens (including phenoxy) is 1. The van der Waals surface area contributed by atoms with E-state index < -0.39 is 12.1 Å². The maximum Gasteiger partial charge on any atom is 0.411 e. The normalized spacial score (nSPS) is 11.7. The number of methoxy groups -OCH3 is 1. The van der Waals surface area contributed by atoms with Crippen LogP contribution in [0.4, 0.5) is 10.5 Å². The quantitative estimate of drug-likeness (QED) is 0.192. The number of aromatic nitrogens is 6. The van der Waals surface area contributed by atoms with Crippen LogP contribution in [0.25, 0.3) is 28.1 Å². The lowest BCUT2D eigenvalue weighted by Crippen LogP contribution is -2.27. The van der Waals surface area contributed by atoms with E-state index >= 15 is 0 Å². The first-order valence-electron chi connectivity index (χ1n) is 13.5. The van der Waals surface area contributed by atoms with Crippen LogP contribution in [0.3, 0.4) is 0 Å². The van der Waals surface area contributed by atoms with Gasteiger partial charge in [0.1, 0.15) is 5.82 Å². The highest BCUT2D eigenvalue weighted by Crippen LogP contribution is 2.30. The highest BCUT2D eigenvalue weighted by atomic mass is 35.5. The molecule has 44 heavy (non-hydrogen) atoms. The largest absolute Gasteiger partial charge is 0.453 e. The summed E-state index contributed by atoms with van der Waals surface area (Å²) in [6, 6.07) is 25.5. The van der Waals surface area contributed by atoms with Crippen LogP contribution in [0.1, 0.15) is 17.4 Å². The van der Waals surface area contributed by atoms with E-state index in [0.29, 0.717) is 39.8 Å². The Bertz CT molecular complexity index is 1990. The summed E-state index contributed by atoms with van der Waals surface area (Å²) in [6.45, 7) is 0. The number of pyridine rings is 1. The van der Waals surface area contributed by atoms with Crippen molar-refractivity contribution in [1.29, 1.82) is 0 Å². The third-order valence-electron chi connectivity index (χ3n) is 7.08. The van der Waals surface area contributed by atoms with Crippen LogP contribution in [-0.4, -0.2) is 42.7 Å². The fourth-order valence-corrected chi connectivity index (χ4v) is 5.23. The fraction of sp³-hybridized carbons (Fsp3) is 0.0938. The van der Waals surface area contributed by atoms with Gasteiger partial charge in [-0.1, -0.05) is 70.9 Å². The van der Waals surface area contributed by atoms with Gasteiger partial charge in [-0.2, -0.15) is 0 Å². The molecule has 0 spiro atoms. The molecule has 6 aromatic rings. The van der Waals surface area contributed by atoms with E-state index in [1.165, 1.54) is 7.11 Å². The molecule has 0 aliphatic carbocycles. The number of carbonyl (C=O) groups excluding carboxylic acids is 1. The molecule has 3 heterocycles. The Morgan fingerprint density at radius 2 is 1.80 bits per heavy atom. The number of amides is 1. The number of benzene rings is 3. The Morgan fingerprint density at radius 1 is 1.00 bits per heavy atom. The molecule has 3 aromatic carbocycles. The molecular formula is C32H25Cl2N7O3. The molecule has 220 valence electrons. The monoisotopic (exact) mass is 625 g/mol. The molecule has 0 saturated heterocycles. The predicted molar refractivity (Wildman–Crippen MR) is 169 cm³/mol. The zero-order chi connectivity index (χ0) is 30.6. The third-order valence-corrected chi connectivity index (χ3v) is 7.48. The van der Waals surface area contributed by atoms with E-state index in [1.807, 2.05) is 48.5 Å². The molecule has 12 heteroatoms. The van der Waals surface area contributed by atoms with Gasteiger partial charge in [0.05, 0.1) is 36.9 Å². The molecule has 3 aromatic heterocycles. The van der Waals surface area contributed by atoms with Gasteiger partial charge in [-0.05, 0) is 53.1 Å². The van der Waals surface area contributed by atoms with E-state index in [0.717, 1.165) is 16.8 Å². The Hall–Kier alpha value is -5.19. The van der Waals surface area contributed by atoms with Gasteiger partial charge in [-0.25, -0.2) is 14.5 Å². The first-order chi connectivity index (χ1) is 21.4. The lowest BCUT2D eigenvalue weighted by atomic mass is 10.0. The zero-order valence-corrected chi connectivity index (χ0v) is 24.8. The van der Waals surface area contributed by atoms with Gasteiger partial charge >= 0.3 is 6.09 Å². The smallest absolute Gasteiger partial charge is 0.411 e. The molecule has 0 unspecified atom stereocenters. The average Bonchev–Trinajstić information content (AvgIpc) is 3.70. The first kappa shape index (κ1) is 28.9. The SMILES string of the molecule is COC(=O)Nc1ccc(-c2cnc([C@H](Cc3ccccc3)n3ccc(-c4cc(Cl)ccc4-n4cc(Cl)nn4)cc3=O)[nH]2)cc1. The number of anilines is 1. The number of imidazole rings is 1. The summed E-state index contributed by atoms with van der Waals surface area (Å²) in [5.74, 6) is 0.621. The van der Waals surface area contributed by atoms with Crippen molar-refractivity contribution in [2.75, 3.05) is 12.4 Å². The Balaban J connectivity index is 1.36. The molecule has 0 radical (unpaired) electrons. The zero-order valence-electron chi connectivity index (χ0n) is 23.3. The number of rotatable bonds is 8. The lowest BCUT2D eigenvalue weighted by Gasteiger charge is -2.19.